The van der Waals surface area contributed by atoms with Crippen LogP contribution in [-0.4, -0.2) is 47.9 Å². The van der Waals surface area contributed by atoms with E-state index in [9.17, 15) is 13.6 Å². The molecule has 0 bridgehead atoms. The zero-order valence-corrected chi connectivity index (χ0v) is 14.7. The van der Waals surface area contributed by atoms with Gasteiger partial charge >= 0.3 is 0 Å². The lowest BCUT2D eigenvalue weighted by Gasteiger charge is -2.39. The summed E-state index contributed by atoms with van der Waals surface area (Å²) in [6.45, 7) is 1.56. The van der Waals surface area contributed by atoms with Gasteiger partial charge < -0.3 is 9.80 Å². The number of amides is 1. The van der Waals surface area contributed by atoms with Crippen molar-refractivity contribution in [1.82, 2.24) is 9.80 Å². The third-order valence-electron chi connectivity index (χ3n) is 5.75. The molecule has 2 saturated heterocycles. The summed E-state index contributed by atoms with van der Waals surface area (Å²) >= 11 is 0. The Morgan fingerprint density at radius 2 is 1.85 bits per heavy atom. The highest BCUT2D eigenvalue weighted by atomic mass is 19.1. The maximum Gasteiger partial charge on any atom is 0.254 e. The molecule has 26 heavy (non-hydrogen) atoms. The standard InChI is InChI=1S/C21H22F2N2O/c1-24-11-3-6-19-20(24)18(14-7-9-16(22)10-8-14)13-25(19)21(26)15-4-2-5-17(23)12-15/h2,4-5,7-10,12,18-20H,3,6,11,13H2,1H3/t18-,19-,20-/m1/s1. The number of halogens is 2. The molecule has 0 aromatic heterocycles. The molecule has 2 heterocycles. The second kappa shape index (κ2) is 6.80. The lowest BCUT2D eigenvalue weighted by Crippen LogP contribution is -2.50. The van der Waals surface area contributed by atoms with E-state index in [-0.39, 0.29) is 29.7 Å². The fourth-order valence-electron chi connectivity index (χ4n) is 4.57. The van der Waals surface area contributed by atoms with E-state index in [0.29, 0.717) is 12.1 Å². The predicted octanol–water partition coefficient (Wildman–Crippen LogP) is 3.67. The largest absolute Gasteiger partial charge is 0.333 e. The van der Waals surface area contributed by atoms with Crippen LogP contribution in [0, 0.1) is 11.6 Å². The number of likely N-dealkylation sites (tertiary alicyclic amines) is 2. The van der Waals surface area contributed by atoms with Gasteiger partial charge in [-0.2, -0.15) is 0 Å². The van der Waals surface area contributed by atoms with Crippen molar-refractivity contribution >= 4 is 5.91 Å². The predicted molar refractivity (Wildman–Crippen MR) is 96.0 cm³/mol. The Kier molecular flexibility index (Phi) is 4.49. The molecule has 1 amide bonds. The van der Waals surface area contributed by atoms with Gasteiger partial charge in [0.25, 0.3) is 5.91 Å². The molecule has 0 aliphatic carbocycles. The van der Waals surface area contributed by atoms with Crippen molar-refractivity contribution in [3.05, 3.63) is 71.3 Å². The highest BCUT2D eigenvalue weighted by molar-refractivity contribution is 5.94. The quantitative estimate of drug-likeness (QED) is 0.820. The number of rotatable bonds is 2. The second-order valence-corrected chi connectivity index (χ2v) is 7.31. The number of likely N-dealkylation sites (N-methyl/N-ethyl adjacent to an activating group) is 1. The van der Waals surface area contributed by atoms with Crippen LogP contribution in [0.3, 0.4) is 0 Å². The van der Waals surface area contributed by atoms with Gasteiger partial charge in [-0.25, -0.2) is 8.78 Å². The molecule has 4 rings (SSSR count). The Morgan fingerprint density at radius 3 is 2.58 bits per heavy atom. The molecule has 0 spiro atoms. The first-order chi connectivity index (χ1) is 12.5. The van der Waals surface area contributed by atoms with Gasteiger partial charge in [-0.05, 0) is 62.3 Å². The minimum atomic E-state index is -0.401. The monoisotopic (exact) mass is 356 g/mol. The van der Waals surface area contributed by atoms with E-state index >= 15 is 0 Å². The van der Waals surface area contributed by atoms with Gasteiger partial charge in [0.15, 0.2) is 0 Å². The number of hydrogen-bond acceptors (Lipinski definition) is 2. The van der Waals surface area contributed by atoms with Crippen molar-refractivity contribution in [2.75, 3.05) is 20.1 Å². The van der Waals surface area contributed by atoms with Crippen molar-refractivity contribution in [2.24, 2.45) is 0 Å². The molecule has 5 heteroatoms. The van der Waals surface area contributed by atoms with E-state index in [1.807, 2.05) is 17.0 Å². The molecular weight excluding hydrogens is 334 g/mol. The molecule has 3 atom stereocenters. The zero-order valence-electron chi connectivity index (χ0n) is 14.7. The number of carbonyl (C=O) groups is 1. The Morgan fingerprint density at radius 1 is 1.08 bits per heavy atom. The summed E-state index contributed by atoms with van der Waals surface area (Å²) in [4.78, 5) is 17.3. The summed E-state index contributed by atoms with van der Waals surface area (Å²) < 4.78 is 26.9. The van der Waals surface area contributed by atoms with Crippen LogP contribution in [0.2, 0.25) is 0 Å². The lowest BCUT2D eigenvalue weighted by molar-refractivity contribution is 0.0628. The molecule has 0 radical (unpaired) electrons. The van der Waals surface area contributed by atoms with E-state index in [2.05, 4.69) is 11.9 Å². The average molecular weight is 356 g/mol. The Bertz CT molecular complexity index is 808. The SMILES string of the molecule is CN1CCC[C@@H]2[C@H]1[C@@H](c1ccc(F)cc1)CN2C(=O)c1cccc(F)c1. The van der Waals surface area contributed by atoms with E-state index in [4.69, 9.17) is 0 Å². The topological polar surface area (TPSA) is 23.6 Å². The van der Waals surface area contributed by atoms with Gasteiger partial charge in [-0.15, -0.1) is 0 Å². The summed E-state index contributed by atoms with van der Waals surface area (Å²) in [6, 6.07) is 12.8. The van der Waals surface area contributed by atoms with Crippen molar-refractivity contribution in [2.45, 2.75) is 30.8 Å². The first-order valence-electron chi connectivity index (χ1n) is 9.07. The van der Waals surface area contributed by atoms with Gasteiger partial charge in [-0.3, -0.25) is 4.79 Å². The van der Waals surface area contributed by atoms with E-state index in [0.717, 1.165) is 24.9 Å². The smallest absolute Gasteiger partial charge is 0.254 e. The first kappa shape index (κ1) is 17.2. The lowest BCUT2D eigenvalue weighted by atomic mass is 9.86. The van der Waals surface area contributed by atoms with Crippen LogP contribution in [0.5, 0.6) is 0 Å². The number of piperidine rings is 1. The van der Waals surface area contributed by atoms with E-state index in [1.54, 1.807) is 12.1 Å². The zero-order chi connectivity index (χ0) is 18.3. The van der Waals surface area contributed by atoms with Crippen LogP contribution in [0.25, 0.3) is 0 Å². The van der Waals surface area contributed by atoms with Gasteiger partial charge in [-0.1, -0.05) is 18.2 Å². The maximum absolute atomic E-state index is 13.6. The Labute approximate surface area is 152 Å². The number of nitrogens with zero attached hydrogens (tertiary/aromatic N) is 2. The molecule has 2 aromatic carbocycles. The maximum atomic E-state index is 13.6. The number of benzene rings is 2. The normalized spacial score (nSPS) is 26.0. The first-order valence-corrected chi connectivity index (χ1v) is 9.07. The van der Waals surface area contributed by atoms with Crippen molar-refractivity contribution in [1.29, 1.82) is 0 Å². The van der Waals surface area contributed by atoms with E-state index in [1.165, 1.54) is 24.3 Å². The summed E-state index contributed by atoms with van der Waals surface area (Å²) in [6.07, 6.45) is 1.97. The van der Waals surface area contributed by atoms with Crippen LogP contribution in [0.15, 0.2) is 48.5 Å². The van der Waals surface area contributed by atoms with Gasteiger partial charge in [0.05, 0.1) is 0 Å². The van der Waals surface area contributed by atoms with Gasteiger partial charge in [0, 0.05) is 30.1 Å². The fourth-order valence-corrected chi connectivity index (χ4v) is 4.57. The molecule has 0 N–H and O–H groups in total. The molecule has 2 aromatic rings. The average Bonchev–Trinajstić information content (AvgIpc) is 3.03. The third-order valence-corrected chi connectivity index (χ3v) is 5.75. The van der Waals surface area contributed by atoms with Crippen LogP contribution in [0.1, 0.15) is 34.7 Å². The second-order valence-electron chi connectivity index (χ2n) is 7.31. The summed E-state index contributed by atoms with van der Waals surface area (Å²) in [5, 5.41) is 0. The molecule has 136 valence electrons. The van der Waals surface area contributed by atoms with Crippen molar-refractivity contribution in [3.8, 4) is 0 Å². The minimum absolute atomic E-state index is 0.0968. The number of fused-ring (bicyclic) bond motifs is 1. The van der Waals surface area contributed by atoms with Crippen LogP contribution < -0.4 is 0 Å². The summed E-state index contributed by atoms with van der Waals surface area (Å²) in [5.74, 6) is -0.654. The summed E-state index contributed by atoms with van der Waals surface area (Å²) in [5.41, 5.74) is 1.43. The van der Waals surface area contributed by atoms with E-state index < -0.39 is 5.82 Å². The highest BCUT2D eigenvalue weighted by Gasteiger charge is 2.47. The van der Waals surface area contributed by atoms with Crippen molar-refractivity contribution < 1.29 is 13.6 Å². The minimum Gasteiger partial charge on any atom is -0.333 e. The molecule has 2 fully saturated rings. The Balaban J connectivity index is 1.67. The molecule has 0 saturated carbocycles. The summed E-state index contributed by atoms with van der Waals surface area (Å²) in [7, 11) is 2.09. The molecule has 2 aliphatic heterocycles. The Hall–Kier alpha value is -2.27. The molecule has 2 aliphatic rings. The fraction of sp³-hybridized carbons (Fsp3) is 0.381. The van der Waals surface area contributed by atoms with Crippen LogP contribution in [-0.2, 0) is 0 Å². The number of hydrogen-bond donors (Lipinski definition) is 0. The molecule has 0 unspecified atom stereocenters. The van der Waals surface area contributed by atoms with Crippen LogP contribution in [0.4, 0.5) is 8.78 Å². The third kappa shape index (κ3) is 3.01. The van der Waals surface area contributed by atoms with Gasteiger partial charge in [0.2, 0.25) is 0 Å². The van der Waals surface area contributed by atoms with Crippen molar-refractivity contribution in [3.63, 3.8) is 0 Å². The number of carbonyl (C=O) groups excluding carboxylic acids is 1. The molecule has 3 nitrogen and oxygen atoms in total. The molecular formula is C21H22F2N2O. The van der Waals surface area contributed by atoms with Crippen LogP contribution >= 0.6 is 0 Å². The highest BCUT2D eigenvalue weighted by Crippen LogP contribution is 2.40. The van der Waals surface area contributed by atoms with Gasteiger partial charge in [0.1, 0.15) is 11.6 Å².